The normalized spacial score (nSPS) is 14.6. The molecule has 1 saturated heterocycles. The SMILES string of the molecule is Cc1ccc(CSCCNC(=O)C2CCN(C(=O)c3ccc(F)cc3F)CC2)cc1. The lowest BCUT2D eigenvalue weighted by atomic mass is 9.95. The Morgan fingerprint density at radius 3 is 2.47 bits per heavy atom. The first kappa shape index (κ1) is 22.3. The predicted molar refractivity (Wildman–Crippen MR) is 115 cm³/mol. The van der Waals surface area contributed by atoms with E-state index in [1.165, 1.54) is 22.1 Å². The zero-order chi connectivity index (χ0) is 21.5. The molecule has 0 radical (unpaired) electrons. The van der Waals surface area contributed by atoms with Crippen LogP contribution in [-0.4, -0.2) is 42.1 Å². The Morgan fingerprint density at radius 2 is 1.80 bits per heavy atom. The molecule has 2 aromatic rings. The van der Waals surface area contributed by atoms with E-state index in [4.69, 9.17) is 0 Å². The maximum absolute atomic E-state index is 13.8. The highest BCUT2D eigenvalue weighted by atomic mass is 32.2. The van der Waals surface area contributed by atoms with Crippen LogP contribution < -0.4 is 5.32 Å². The smallest absolute Gasteiger partial charge is 0.256 e. The Bertz CT molecular complexity index is 881. The molecule has 160 valence electrons. The number of carbonyl (C=O) groups excluding carboxylic acids is 2. The number of aryl methyl sites for hydroxylation is 1. The molecule has 1 heterocycles. The lowest BCUT2D eigenvalue weighted by Crippen LogP contribution is -2.43. The number of hydrogen-bond acceptors (Lipinski definition) is 3. The van der Waals surface area contributed by atoms with E-state index in [-0.39, 0.29) is 17.4 Å². The number of rotatable bonds is 7. The molecule has 0 unspecified atom stereocenters. The molecule has 2 aromatic carbocycles. The zero-order valence-electron chi connectivity index (χ0n) is 17.0. The highest BCUT2D eigenvalue weighted by Crippen LogP contribution is 2.21. The molecule has 1 fully saturated rings. The number of piperidine rings is 1. The lowest BCUT2D eigenvalue weighted by Gasteiger charge is -2.31. The van der Waals surface area contributed by atoms with Gasteiger partial charge in [0, 0.05) is 43.1 Å². The summed E-state index contributed by atoms with van der Waals surface area (Å²) >= 11 is 1.78. The van der Waals surface area contributed by atoms with Gasteiger partial charge in [-0.1, -0.05) is 29.8 Å². The van der Waals surface area contributed by atoms with Gasteiger partial charge in [-0.15, -0.1) is 0 Å². The van der Waals surface area contributed by atoms with Crippen molar-refractivity contribution >= 4 is 23.6 Å². The highest BCUT2D eigenvalue weighted by Gasteiger charge is 2.28. The molecule has 0 saturated carbocycles. The number of benzene rings is 2. The summed E-state index contributed by atoms with van der Waals surface area (Å²) in [6, 6.07) is 11.4. The molecule has 1 aliphatic rings. The number of halogens is 2. The van der Waals surface area contributed by atoms with Crippen molar-refractivity contribution in [2.45, 2.75) is 25.5 Å². The van der Waals surface area contributed by atoms with E-state index < -0.39 is 17.5 Å². The van der Waals surface area contributed by atoms with Crippen LogP contribution in [0.1, 0.15) is 34.3 Å². The Morgan fingerprint density at radius 1 is 1.10 bits per heavy atom. The van der Waals surface area contributed by atoms with Crippen LogP contribution in [0.4, 0.5) is 8.78 Å². The van der Waals surface area contributed by atoms with Crippen LogP contribution in [0.3, 0.4) is 0 Å². The highest BCUT2D eigenvalue weighted by molar-refractivity contribution is 7.98. The first-order chi connectivity index (χ1) is 14.4. The van der Waals surface area contributed by atoms with Crippen molar-refractivity contribution in [1.82, 2.24) is 10.2 Å². The molecule has 0 aliphatic carbocycles. The Kier molecular flexibility index (Phi) is 7.85. The van der Waals surface area contributed by atoms with Crippen LogP contribution in [0.5, 0.6) is 0 Å². The summed E-state index contributed by atoms with van der Waals surface area (Å²) in [5.41, 5.74) is 2.38. The average Bonchev–Trinajstić information content (AvgIpc) is 2.74. The molecule has 7 heteroatoms. The van der Waals surface area contributed by atoms with E-state index in [2.05, 4.69) is 36.5 Å². The zero-order valence-corrected chi connectivity index (χ0v) is 17.8. The third-order valence-corrected chi connectivity index (χ3v) is 6.28. The van der Waals surface area contributed by atoms with Gasteiger partial charge in [0.15, 0.2) is 0 Å². The van der Waals surface area contributed by atoms with Gasteiger partial charge >= 0.3 is 0 Å². The number of amides is 2. The number of nitrogens with zero attached hydrogens (tertiary/aromatic N) is 1. The summed E-state index contributed by atoms with van der Waals surface area (Å²) in [4.78, 5) is 26.4. The van der Waals surface area contributed by atoms with Gasteiger partial charge < -0.3 is 10.2 Å². The second-order valence-electron chi connectivity index (χ2n) is 7.52. The van der Waals surface area contributed by atoms with Gasteiger partial charge in [-0.25, -0.2) is 8.78 Å². The Balaban J connectivity index is 1.36. The minimum Gasteiger partial charge on any atom is -0.355 e. The fourth-order valence-electron chi connectivity index (χ4n) is 3.44. The summed E-state index contributed by atoms with van der Waals surface area (Å²) in [5, 5.41) is 2.97. The number of carbonyl (C=O) groups is 2. The first-order valence-electron chi connectivity index (χ1n) is 10.1. The van der Waals surface area contributed by atoms with Crippen LogP contribution in [0.2, 0.25) is 0 Å². The maximum Gasteiger partial charge on any atom is 0.256 e. The van der Waals surface area contributed by atoms with Gasteiger partial charge in [0.2, 0.25) is 5.91 Å². The largest absolute Gasteiger partial charge is 0.355 e. The summed E-state index contributed by atoms with van der Waals surface area (Å²) in [7, 11) is 0. The summed E-state index contributed by atoms with van der Waals surface area (Å²) in [6.07, 6.45) is 1.08. The van der Waals surface area contributed by atoms with Crippen molar-refractivity contribution in [2.24, 2.45) is 5.92 Å². The van der Waals surface area contributed by atoms with Crippen molar-refractivity contribution in [1.29, 1.82) is 0 Å². The molecule has 30 heavy (non-hydrogen) atoms. The second-order valence-corrected chi connectivity index (χ2v) is 8.63. The molecule has 0 atom stereocenters. The van der Waals surface area contributed by atoms with Crippen LogP contribution in [0.25, 0.3) is 0 Å². The molecular formula is C23H26F2N2O2S. The standard InChI is InChI=1S/C23H26F2N2O2S/c1-16-2-4-17(5-3-16)15-30-13-10-26-22(28)18-8-11-27(12-9-18)23(29)20-7-6-19(24)14-21(20)25/h2-7,14,18H,8-13,15H2,1H3,(H,26,28). The fourth-order valence-corrected chi connectivity index (χ4v) is 4.26. The molecule has 2 amide bonds. The average molecular weight is 433 g/mol. The minimum atomic E-state index is -0.858. The van der Waals surface area contributed by atoms with Crippen molar-refractivity contribution < 1.29 is 18.4 Å². The van der Waals surface area contributed by atoms with Gasteiger partial charge in [0.25, 0.3) is 5.91 Å². The Labute approximate surface area is 180 Å². The molecule has 3 rings (SSSR count). The molecular weight excluding hydrogens is 406 g/mol. The van der Waals surface area contributed by atoms with Crippen LogP contribution in [0.15, 0.2) is 42.5 Å². The van der Waals surface area contributed by atoms with Crippen LogP contribution in [-0.2, 0) is 10.5 Å². The molecule has 1 aliphatic heterocycles. The topological polar surface area (TPSA) is 49.4 Å². The number of hydrogen-bond donors (Lipinski definition) is 1. The van der Waals surface area contributed by atoms with E-state index in [9.17, 15) is 18.4 Å². The third-order valence-electron chi connectivity index (χ3n) is 5.25. The molecule has 0 bridgehead atoms. The molecule has 0 aromatic heterocycles. The fraction of sp³-hybridized carbons (Fsp3) is 0.391. The van der Waals surface area contributed by atoms with Gasteiger partial charge in [0.05, 0.1) is 5.56 Å². The summed E-state index contributed by atoms with van der Waals surface area (Å²) in [5.74, 6) is -0.421. The van der Waals surface area contributed by atoms with Crippen molar-refractivity contribution in [3.05, 3.63) is 70.8 Å². The molecule has 4 nitrogen and oxygen atoms in total. The maximum atomic E-state index is 13.8. The van der Waals surface area contributed by atoms with Crippen LogP contribution in [0, 0.1) is 24.5 Å². The monoisotopic (exact) mass is 432 g/mol. The Hall–Kier alpha value is -2.41. The number of nitrogens with one attached hydrogen (secondary N) is 1. The number of thioether (sulfide) groups is 1. The molecule has 0 spiro atoms. The van der Waals surface area contributed by atoms with Gasteiger partial charge in [-0.2, -0.15) is 11.8 Å². The van der Waals surface area contributed by atoms with E-state index in [1.54, 1.807) is 11.8 Å². The van der Waals surface area contributed by atoms with Crippen molar-refractivity contribution in [3.63, 3.8) is 0 Å². The van der Waals surface area contributed by atoms with E-state index in [1.807, 2.05) is 0 Å². The summed E-state index contributed by atoms with van der Waals surface area (Å²) in [6.45, 7) is 3.44. The predicted octanol–water partition coefficient (Wildman–Crippen LogP) is 4.18. The van der Waals surface area contributed by atoms with Gasteiger partial charge in [-0.3, -0.25) is 9.59 Å². The summed E-state index contributed by atoms with van der Waals surface area (Å²) < 4.78 is 26.9. The van der Waals surface area contributed by atoms with Gasteiger partial charge in [0.1, 0.15) is 11.6 Å². The van der Waals surface area contributed by atoms with E-state index >= 15 is 0 Å². The number of likely N-dealkylation sites (tertiary alicyclic amines) is 1. The van der Waals surface area contributed by atoms with Crippen molar-refractivity contribution in [3.8, 4) is 0 Å². The third kappa shape index (κ3) is 6.05. The second kappa shape index (κ2) is 10.6. The lowest BCUT2D eigenvalue weighted by molar-refractivity contribution is -0.126. The minimum absolute atomic E-state index is 0.00555. The quantitative estimate of drug-likeness (QED) is 0.668. The van der Waals surface area contributed by atoms with E-state index in [0.717, 1.165) is 17.6 Å². The van der Waals surface area contributed by atoms with Crippen LogP contribution >= 0.6 is 11.8 Å². The van der Waals surface area contributed by atoms with Crippen molar-refractivity contribution in [2.75, 3.05) is 25.4 Å². The first-order valence-corrected chi connectivity index (χ1v) is 11.2. The molecule has 1 N–H and O–H groups in total. The van der Waals surface area contributed by atoms with E-state index in [0.29, 0.717) is 38.5 Å². The van der Waals surface area contributed by atoms with Gasteiger partial charge in [-0.05, 0) is 37.5 Å².